The number of likely N-dealkylation sites (tertiary alicyclic amines) is 2. The Bertz CT molecular complexity index is 929. The van der Waals surface area contributed by atoms with Crippen LogP contribution in [0.1, 0.15) is 49.7 Å². The topological polar surface area (TPSA) is 53.0 Å². The third kappa shape index (κ3) is 1.97. The molecule has 7 rings (SSSR count). The summed E-state index contributed by atoms with van der Waals surface area (Å²) in [6.45, 7) is 3.22. The Labute approximate surface area is 178 Å². The van der Waals surface area contributed by atoms with Crippen molar-refractivity contribution in [1.29, 1.82) is 0 Å². The van der Waals surface area contributed by atoms with Crippen LogP contribution < -0.4 is 4.74 Å². The van der Waals surface area contributed by atoms with Crippen molar-refractivity contribution in [1.82, 2.24) is 9.80 Å². The van der Waals surface area contributed by atoms with Gasteiger partial charge in [0, 0.05) is 30.6 Å². The number of carboxylic acid groups (broad SMARTS) is 1. The van der Waals surface area contributed by atoms with Crippen molar-refractivity contribution < 1.29 is 14.6 Å². The van der Waals surface area contributed by atoms with E-state index in [0.29, 0.717) is 23.3 Å². The monoisotopic (exact) mass is 408 g/mol. The number of hydrogen-bond donors (Lipinski definition) is 1. The van der Waals surface area contributed by atoms with E-state index in [-0.39, 0.29) is 11.5 Å². The second-order valence-corrected chi connectivity index (χ2v) is 11.1. The predicted molar refractivity (Wildman–Crippen MR) is 113 cm³/mol. The van der Waals surface area contributed by atoms with Gasteiger partial charge in [0.25, 0.3) is 0 Å². The van der Waals surface area contributed by atoms with Crippen molar-refractivity contribution in [2.24, 2.45) is 23.2 Å². The maximum Gasteiger partial charge on any atom is 0.407 e. The number of methoxy groups -OCH3 is 1. The molecule has 5 fully saturated rings. The minimum absolute atomic E-state index is 0.137. The van der Waals surface area contributed by atoms with Crippen LogP contribution in [0, 0.1) is 23.2 Å². The third-order valence-electron chi connectivity index (χ3n) is 10.2. The Morgan fingerprint density at radius 2 is 2.13 bits per heavy atom. The summed E-state index contributed by atoms with van der Waals surface area (Å²) in [4.78, 5) is 16.8. The van der Waals surface area contributed by atoms with Crippen LogP contribution in [-0.2, 0) is 11.8 Å². The van der Waals surface area contributed by atoms with Crippen molar-refractivity contribution in [3.8, 4) is 5.75 Å². The van der Waals surface area contributed by atoms with Gasteiger partial charge in [-0.3, -0.25) is 4.90 Å². The Balaban J connectivity index is 1.42. The number of nitrogens with zero attached hydrogens (tertiary/aromatic N) is 2. The number of piperidine rings is 1. The minimum atomic E-state index is -0.706. The molecule has 1 aromatic carbocycles. The quantitative estimate of drug-likeness (QED) is 0.828. The van der Waals surface area contributed by atoms with Crippen LogP contribution in [0.3, 0.4) is 0 Å². The molecule has 6 atom stereocenters. The van der Waals surface area contributed by atoms with Crippen LogP contribution in [0.15, 0.2) is 18.2 Å². The molecule has 0 unspecified atom stereocenters. The molecule has 2 saturated heterocycles. The number of amides is 1. The third-order valence-corrected chi connectivity index (χ3v) is 10.2. The molecule has 160 valence electrons. The van der Waals surface area contributed by atoms with Gasteiger partial charge in [0.1, 0.15) is 5.75 Å². The van der Waals surface area contributed by atoms with Crippen LogP contribution in [0.25, 0.3) is 0 Å². The number of carbonyl (C=O) groups is 1. The molecule has 5 nitrogen and oxygen atoms in total. The molecule has 2 aliphatic heterocycles. The second kappa shape index (κ2) is 5.73. The Hall–Kier alpha value is -1.75. The van der Waals surface area contributed by atoms with Crippen molar-refractivity contribution >= 4 is 6.09 Å². The zero-order valence-electron chi connectivity index (χ0n) is 17.8. The first-order valence-corrected chi connectivity index (χ1v) is 12.0. The summed E-state index contributed by atoms with van der Waals surface area (Å²) in [6.07, 6.45) is 7.95. The van der Waals surface area contributed by atoms with E-state index in [1.165, 1.54) is 62.7 Å². The molecule has 30 heavy (non-hydrogen) atoms. The smallest absolute Gasteiger partial charge is 0.407 e. The maximum absolute atomic E-state index is 12.1. The zero-order chi connectivity index (χ0) is 20.3. The average molecular weight is 409 g/mol. The van der Waals surface area contributed by atoms with Gasteiger partial charge in [-0.1, -0.05) is 6.07 Å². The Morgan fingerprint density at radius 3 is 2.90 bits per heavy atom. The Morgan fingerprint density at radius 1 is 1.27 bits per heavy atom. The van der Waals surface area contributed by atoms with E-state index in [4.69, 9.17) is 4.74 Å². The fourth-order valence-corrected chi connectivity index (χ4v) is 9.28. The normalized spacial score (nSPS) is 43.3. The molecule has 1 aromatic rings. The fraction of sp³-hybridized carbons (Fsp3) is 0.720. The lowest BCUT2D eigenvalue weighted by molar-refractivity contribution is -0.102. The molecule has 6 aliphatic rings. The number of rotatable bonds is 3. The van der Waals surface area contributed by atoms with Crippen molar-refractivity contribution in [3.63, 3.8) is 0 Å². The standard InChI is InChI=1S/C25H32N2O3/c1-30-18-5-4-16-10-21-24-7-6-20-22(17(12-24)14-27(20)23(28)29)25(24,19(16)11-18)8-9-26(21)13-15-2-3-15/h4-5,11,15,17,20-22H,2-3,6-10,12-14H2,1H3,(H,28,29)/t17-,20-,21-,22-,24-,25+/m1/s1. The highest BCUT2D eigenvalue weighted by atomic mass is 16.5. The molecule has 2 heterocycles. The molecule has 0 radical (unpaired) electrons. The molecule has 0 aromatic heterocycles. The van der Waals surface area contributed by atoms with Crippen LogP contribution in [-0.4, -0.2) is 59.8 Å². The van der Waals surface area contributed by atoms with E-state index in [9.17, 15) is 9.90 Å². The molecular formula is C25H32N2O3. The lowest BCUT2D eigenvalue weighted by Crippen LogP contribution is -2.69. The summed E-state index contributed by atoms with van der Waals surface area (Å²) < 4.78 is 5.68. The van der Waals surface area contributed by atoms with E-state index < -0.39 is 6.09 Å². The van der Waals surface area contributed by atoms with Crippen LogP contribution in [0.5, 0.6) is 5.75 Å². The van der Waals surface area contributed by atoms with E-state index >= 15 is 0 Å². The van der Waals surface area contributed by atoms with E-state index in [1.54, 1.807) is 7.11 Å². The molecule has 4 bridgehead atoms. The second-order valence-electron chi connectivity index (χ2n) is 11.1. The van der Waals surface area contributed by atoms with Crippen molar-refractivity contribution in [2.75, 3.05) is 26.7 Å². The molecule has 3 saturated carbocycles. The van der Waals surface area contributed by atoms with E-state index in [2.05, 4.69) is 23.1 Å². The number of hydrogen-bond acceptors (Lipinski definition) is 3. The van der Waals surface area contributed by atoms with Gasteiger partial charge >= 0.3 is 6.09 Å². The van der Waals surface area contributed by atoms with Gasteiger partial charge in [-0.25, -0.2) is 4.79 Å². The summed E-state index contributed by atoms with van der Waals surface area (Å²) in [5.74, 6) is 2.89. The molecule has 5 heteroatoms. The van der Waals surface area contributed by atoms with Crippen molar-refractivity contribution in [2.45, 2.75) is 62.4 Å². The number of ether oxygens (including phenoxy) is 1. The summed E-state index contributed by atoms with van der Waals surface area (Å²) in [5, 5.41) is 9.93. The molecule has 1 amide bonds. The summed E-state index contributed by atoms with van der Waals surface area (Å²) in [6, 6.07) is 7.64. The fourth-order valence-electron chi connectivity index (χ4n) is 9.28. The first-order valence-electron chi connectivity index (χ1n) is 12.0. The zero-order valence-corrected chi connectivity index (χ0v) is 17.8. The first kappa shape index (κ1) is 17.9. The van der Waals surface area contributed by atoms with Gasteiger partial charge in [-0.2, -0.15) is 0 Å². The van der Waals surface area contributed by atoms with Crippen LogP contribution in [0.4, 0.5) is 4.79 Å². The summed E-state index contributed by atoms with van der Waals surface area (Å²) >= 11 is 0. The SMILES string of the molecule is COc1ccc2c(c1)[C@]13CCN(CC4CC4)[C@H](C2)[C@]12CC[C@@H]1[C@H]3[C@@H](CN1C(=O)O)C2. The van der Waals surface area contributed by atoms with Crippen molar-refractivity contribution in [3.05, 3.63) is 29.3 Å². The first-order chi connectivity index (χ1) is 14.6. The van der Waals surface area contributed by atoms with Crippen LogP contribution in [0.2, 0.25) is 0 Å². The van der Waals surface area contributed by atoms with Gasteiger partial charge < -0.3 is 14.7 Å². The van der Waals surface area contributed by atoms with Crippen LogP contribution >= 0.6 is 0 Å². The van der Waals surface area contributed by atoms with Gasteiger partial charge in [0.15, 0.2) is 0 Å². The highest BCUT2D eigenvalue weighted by molar-refractivity contribution is 5.67. The average Bonchev–Trinajstić information content (AvgIpc) is 3.42. The predicted octanol–water partition coefficient (Wildman–Crippen LogP) is 3.75. The lowest BCUT2D eigenvalue weighted by atomic mass is 9.43. The highest BCUT2D eigenvalue weighted by Gasteiger charge is 2.76. The van der Waals surface area contributed by atoms with E-state index in [0.717, 1.165) is 24.6 Å². The number of benzene rings is 1. The molecule has 0 spiro atoms. The highest BCUT2D eigenvalue weighted by Crippen LogP contribution is 2.75. The van der Waals surface area contributed by atoms with Gasteiger partial charge in [0.05, 0.1) is 7.11 Å². The summed E-state index contributed by atoms with van der Waals surface area (Å²) in [5.41, 5.74) is 3.49. The Kier molecular flexibility index (Phi) is 3.41. The lowest BCUT2D eigenvalue weighted by Gasteiger charge is -2.66. The van der Waals surface area contributed by atoms with E-state index in [1.807, 2.05) is 4.90 Å². The maximum atomic E-state index is 12.1. The summed E-state index contributed by atoms with van der Waals surface area (Å²) in [7, 11) is 1.77. The molecular weight excluding hydrogens is 376 g/mol. The largest absolute Gasteiger partial charge is 0.497 e. The van der Waals surface area contributed by atoms with Gasteiger partial charge in [-0.15, -0.1) is 0 Å². The van der Waals surface area contributed by atoms with Gasteiger partial charge in [-0.05, 0) is 97.9 Å². The molecule has 4 aliphatic carbocycles. The molecule has 1 N–H and O–H groups in total. The minimum Gasteiger partial charge on any atom is -0.497 e. The number of fused-ring (bicyclic) bond motifs is 1. The van der Waals surface area contributed by atoms with Gasteiger partial charge in [0.2, 0.25) is 0 Å².